The van der Waals surface area contributed by atoms with Crippen LogP contribution in [0.1, 0.15) is 23.7 Å². The summed E-state index contributed by atoms with van der Waals surface area (Å²) in [6, 6.07) is 6.85. The van der Waals surface area contributed by atoms with Gasteiger partial charge in [-0.05, 0) is 45.3 Å². The van der Waals surface area contributed by atoms with E-state index in [0.717, 1.165) is 13.0 Å². The van der Waals surface area contributed by atoms with Gasteiger partial charge in [-0.1, -0.05) is 24.6 Å². The molecule has 1 unspecified atom stereocenters. The van der Waals surface area contributed by atoms with E-state index in [-0.39, 0.29) is 17.8 Å². The Morgan fingerprint density at radius 3 is 2.52 bits per heavy atom. The monoisotopic (exact) mass is 340 g/mol. The van der Waals surface area contributed by atoms with Gasteiger partial charge in [0, 0.05) is 23.7 Å². The highest BCUT2D eigenvalue weighted by Crippen LogP contribution is 2.14. The van der Waals surface area contributed by atoms with Gasteiger partial charge >= 0.3 is 5.97 Å². The summed E-state index contributed by atoms with van der Waals surface area (Å²) in [4.78, 5) is 28.1. The second kappa shape index (κ2) is 9.53. The number of rotatable bonds is 8. The minimum atomic E-state index is -0.373. The van der Waals surface area contributed by atoms with Crippen molar-refractivity contribution >= 4 is 23.5 Å². The van der Waals surface area contributed by atoms with E-state index >= 15 is 0 Å². The molecule has 23 heavy (non-hydrogen) atoms. The van der Waals surface area contributed by atoms with Crippen LogP contribution in [0.4, 0.5) is 0 Å². The number of nitrogens with zero attached hydrogens (tertiary/aromatic N) is 2. The highest BCUT2D eigenvalue weighted by Gasteiger charge is 2.22. The fourth-order valence-corrected chi connectivity index (χ4v) is 2.45. The van der Waals surface area contributed by atoms with Crippen molar-refractivity contribution in [1.29, 1.82) is 0 Å². The number of carbonyl (C=O) groups excluding carboxylic acids is 2. The molecule has 0 bridgehead atoms. The lowest BCUT2D eigenvalue weighted by Crippen LogP contribution is -2.38. The first kappa shape index (κ1) is 19.5. The van der Waals surface area contributed by atoms with Crippen molar-refractivity contribution in [1.82, 2.24) is 9.80 Å². The van der Waals surface area contributed by atoms with Gasteiger partial charge in [-0.15, -0.1) is 0 Å². The van der Waals surface area contributed by atoms with Crippen molar-refractivity contribution in [2.24, 2.45) is 5.92 Å². The lowest BCUT2D eigenvalue weighted by atomic mass is 10.1. The predicted molar refractivity (Wildman–Crippen MR) is 91.7 cm³/mol. The van der Waals surface area contributed by atoms with Crippen molar-refractivity contribution in [3.63, 3.8) is 0 Å². The molecule has 1 aromatic carbocycles. The summed E-state index contributed by atoms with van der Waals surface area (Å²) in [6.07, 6.45) is 0.827. The molecule has 5 nitrogen and oxygen atoms in total. The second-order valence-electron chi connectivity index (χ2n) is 5.84. The van der Waals surface area contributed by atoms with Crippen LogP contribution in [0.2, 0.25) is 5.02 Å². The lowest BCUT2D eigenvalue weighted by molar-refractivity contribution is -0.145. The summed E-state index contributed by atoms with van der Waals surface area (Å²) in [5.74, 6) is -0.814. The number of methoxy groups -OCH3 is 1. The van der Waals surface area contributed by atoms with Crippen LogP contribution in [0.25, 0.3) is 0 Å². The number of amides is 1. The van der Waals surface area contributed by atoms with Gasteiger partial charge in [-0.2, -0.15) is 0 Å². The third-order valence-corrected chi connectivity index (χ3v) is 3.73. The van der Waals surface area contributed by atoms with Crippen molar-refractivity contribution in [3.05, 3.63) is 34.9 Å². The van der Waals surface area contributed by atoms with Crippen LogP contribution < -0.4 is 0 Å². The summed E-state index contributed by atoms with van der Waals surface area (Å²) < 4.78 is 4.75. The number of hydrogen-bond acceptors (Lipinski definition) is 4. The zero-order chi connectivity index (χ0) is 17.4. The SMILES string of the molecule is COC(=O)C(C)CN(CCCN(C)C)C(=O)c1cccc(Cl)c1. The first-order valence-electron chi connectivity index (χ1n) is 7.62. The summed E-state index contributed by atoms with van der Waals surface area (Å²) in [5, 5.41) is 0.519. The topological polar surface area (TPSA) is 49.9 Å². The Balaban J connectivity index is 2.84. The highest BCUT2D eigenvalue weighted by molar-refractivity contribution is 6.30. The van der Waals surface area contributed by atoms with Crippen LogP contribution in [0, 0.1) is 5.92 Å². The minimum Gasteiger partial charge on any atom is -0.469 e. The Hall–Kier alpha value is -1.59. The van der Waals surface area contributed by atoms with Crippen LogP contribution in [-0.2, 0) is 9.53 Å². The molecular formula is C17H25ClN2O3. The Labute approximate surface area is 143 Å². The van der Waals surface area contributed by atoms with Crippen molar-refractivity contribution in [2.75, 3.05) is 40.8 Å². The van der Waals surface area contributed by atoms with Gasteiger partial charge in [0.15, 0.2) is 0 Å². The smallest absolute Gasteiger partial charge is 0.310 e. The largest absolute Gasteiger partial charge is 0.469 e. The number of ether oxygens (including phenoxy) is 1. The molecule has 0 heterocycles. The Kier molecular flexibility index (Phi) is 8.06. The van der Waals surface area contributed by atoms with Gasteiger partial charge in [-0.25, -0.2) is 0 Å². The summed E-state index contributed by atoms with van der Waals surface area (Å²) in [6.45, 7) is 3.53. The number of benzene rings is 1. The molecule has 0 aromatic heterocycles. The van der Waals surface area contributed by atoms with E-state index in [0.29, 0.717) is 23.7 Å². The molecule has 0 aliphatic carbocycles. The van der Waals surface area contributed by atoms with Crippen LogP contribution in [-0.4, -0.2) is 62.5 Å². The quantitative estimate of drug-likeness (QED) is 0.682. The molecule has 0 aliphatic rings. The molecule has 0 saturated carbocycles. The van der Waals surface area contributed by atoms with Crippen LogP contribution in [0.5, 0.6) is 0 Å². The molecule has 0 radical (unpaired) electrons. The van der Waals surface area contributed by atoms with Crippen molar-refractivity contribution < 1.29 is 14.3 Å². The van der Waals surface area contributed by atoms with E-state index in [1.54, 1.807) is 36.1 Å². The van der Waals surface area contributed by atoms with E-state index in [1.165, 1.54) is 7.11 Å². The van der Waals surface area contributed by atoms with Gasteiger partial charge in [0.2, 0.25) is 0 Å². The van der Waals surface area contributed by atoms with E-state index < -0.39 is 0 Å². The zero-order valence-corrected chi connectivity index (χ0v) is 15.0. The number of hydrogen-bond donors (Lipinski definition) is 0. The molecule has 0 saturated heterocycles. The summed E-state index contributed by atoms with van der Waals surface area (Å²) >= 11 is 5.97. The Morgan fingerprint density at radius 1 is 1.26 bits per heavy atom. The third-order valence-electron chi connectivity index (χ3n) is 3.49. The fraction of sp³-hybridized carbons (Fsp3) is 0.529. The van der Waals surface area contributed by atoms with Gasteiger partial charge < -0.3 is 14.5 Å². The molecular weight excluding hydrogens is 316 g/mol. The molecule has 1 rings (SSSR count). The van der Waals surface area contributed by atoms with E-state index in [2.05, 4.69) is 4.90 Å². The first-order chi connectivity index (χ1) is 10.8. The van der Waals surface area contributed by atoms with E-state index in [1.807, 2.05) is 14.1 Å². The van der Waals surface area contributed by atoms with Gasteiger partial charge in [0.1, 0.15) is 0 Å². The molecule has 0 aliphatic heterocycles. The fourth-order valence-electron chi connectivity index (χ4n) is 2.26. The van der Waals surface area contributed by atoms with Crippen LogP contribution in [0.15, 0.2) is 24.3 Å². The van der Waals surface area contributed by atoms with Gasteiger partial charge in [-0.3, -0.25) is 9.59 Å². The maximum atomic E-state index is 12.7. The van der Waals surface area contributed by atoms with Crippen LogP contribution >= 0.6 is 11.6 Å². The number of carbonyl (C=O) groups is 2. The van der Waals surface area contributed by atoms with E-state index in [9.17, 15) is 9.59 Å². The average molecular weight is 341 g/mol. The maximum absolute atomic E-state index is 12.7. The van der Waals surface area contributed by atoms with Crippen LogP contribution in [0.3, 0.4) is 0 Å². The Morgan fingerprint density at radius 2 is 1.96 bits per heavy atom. The number of halogens is 1. The normalized spacial score (nSPS) is 12.1. The Bertz CT molecular complexity index is 534. The molecule has 128 valence electrons. The molecule has 0 N–H and O–H groups in total. The summed E-state index contributed by atoms with van der Waals surface area (Å²) in [7, 11) is 5.33. The van der Waals surface area contributed by atoms with Gasteiger partial charge in [0.05, 0.1) is 13.0 Å². The minimum absolute atomic E-state index is 0.123. The lowest BCUT2D eigenvalue weighted by Gasteiger charge is -2.26. The molecule has 1 amide bonds. The predicted octanol–water partition coefficient (Wildman–Crippen LogP) is 2.54. The molecule has 0 spiro atoms. The molecule has 1 aromatic rings. The second-order valence-corrected chi connectivity index (χ2v) is 6.28. The summed E-state index contributed by atoms with van der Waals surface area (Å²) in [5.41, 5.74) is 0.527. The standard InChI is InChI=1S/C17H25ClN2O3/c1-13(17(22)23-4)12-20(10-6-9-19(2)3)16(21)14-7-5-8-15(18)11-14/h5,7-8,11,13H,6,9-10,12H2,1-4H3. The third kappa shape index (κ3) is 6.59. The zero-order valence-electron chi connectivity index (χ0n) is 14.2. The molecule has 1 atom stereocenters. The average Bonchev–Trinajstić information content (AvgIpc) is 2.51. The van der Waals surface area contributed by atoms with Gasteiger partial charge in [0.25, 0.3) is 5.91 Å². The first-order valence-corrected chi connectivity index (χ1v) is 8.00. The molecule has 6 heteroatoms. The number of esters is 1. The molecule has 0 fully saturated rings. The maximum Gasteiger partial charge on any atom is 0.310 e. The van der Waals surface area contributed by atoms with E-state index in [4.69, 9.17) is 16.3 Å². The highest BCUT2D eigenvalue weighted by atomic mass is 35.5. The van der Waals surface area contributed by atoms with Crippen molar-refractivity contribution in [2.45, 2.75) is 13.3 Å². The van der Waals surface area contributed by atoms with Crippen molar-refractivity contribution in [3.8, 4) is 0 Å².